The highest BCUT2D eigenvalue weighted by Crippen LogP contribution is 2.34. The first-order valence-corrected chi connectivity index (χ1v) is 5.88. The van der Waals surface area contributed by atoms with Gasteiger partial charge in [-0.3, -0.25) is 0 Å². The van der Waals surface area contributed by atoms with Crippen LogP contribution in [0.3, 0.4) is 0 Å². The number of ether oxygens (including phenoxy) is 1. The van der Waals surface area contributed by atoms with Crippen LogP contribution in [0.2, 0.25) is 0 Å². The van der Waals surface area contributed by atoms with Crippen molar-refractivity contribution in [3.8, 4) is 5.75 Å². The Balaban J connectivity index is 2.60. The third-order valence-corrected chi connectivity index (χ3v) is 3.13. The standard InChI is InChI=1S/C15H13F3O2/c1-15(19,9-6-10(16)8-11(17)7-9)12-4-3-5-13(20-2)14(12)18/h3-8,19H,1-2H3. The molecule has 0 aliphatic carbocycles. The molecule has 0 aromatic heterocycles. The average Bonchev–Trinajstić information content (AvgIpc) is 2.37. The van der Waals surface area contributed by atoms with E-state index in [1.165, 1.54) is 32.2 Å². The van der Waals surface area contributed by atoms with Gasteiger partial charge in [-0.1, -0.05) is 12.1 Å². The lowest BCUT2D eigenvalue weighted by atomic mass is 9.87. The molecule has 5 heteroatoms. The molecule has 2 aromatic carbocycles. The van der Waals surface area contributed by atoms with Crippen LogP contribution in [0.1, 0.15) is 18.1 Å². The quantitative estimate of drug-likeness (QED) is 0.935. The summed E-state index contributed by atoms with van der Waals surface area (Å²) in [4.78, 5) is 0. The van der Waals surface area contributed by atoms with Gasteiger partial charge in [-0.05, 0) is 30.7 Å². The number of aliphatic hydroxyl groups is 1. The molecule has 1 N–H and O–H groups in total. The molecule has 0 radical (unpaired) electrons. The monoisotopic (exact) mass is 282 g/mol. The fourth-order valence-corrected chi connectivity index (χ4v) is 2.03. The number of methoxy groups -OCH3 is 1. The zero-order valence-corrected chi connectivity index (χ0v) is 11.0. The van der Waals surface area contributed by atoms with Gasteiger partial charge in [-0.15, -0.1) is 0 Å². The number of rotatable bonds is 3. The van der Waals surface area contributed by atoms with Gasteiger partial charge in [-0.2, -0.15) is 0 Å². The van der Waals surface area contributed by atoms with E-state index < -0.39 is 23.1 Å². The van der Waals surface area contributed by atoms with Gasteiger partial charge in [0.15, 0.2) is 11.6 Å². The number of hydrogen-bond donors (Lipinski definition) is 1. The van der Waals surface area contributed by atoms with Gasteiger partial charge in [0.2, 0.25) is 0 Å². The molecular weight excluding hydrogens is 269 g/mol. The Morgan fingerprint density at radius 3 is 2.20 bits per heavy atom. The lowest BCUT2D eigenvalue weighted by molar-refractivity contribution is 0.0964. The van der Waals surface area contributed by atoms with E-state index in [4.69, 9.17) is 4.74 Å². The van der Waals surface area contributed by atoms with Crippen molar-refractivity contribution < 1.29 is 23.0 Å². The molecular formula is C15H13F3O2. The first-order valence-electron chi connectivity index (χ1n) is 5.88. The zero-order valence-electron chi connectivity index (χ0n) is 11.0. The molecule has 0 aliphatic heterocycles. The molecule has 0 spiro atoms. The van der Waals surface area contributed by atoms with Crippen LogP contribution in [0.25, 0.3) is 0 Å². The summed E-state index contributed by atoms with van der Waals surface area (Å²) < 4.78 is 45.5. The van der Waals surface area contributed by atoms with Crippen molar-refractivity contribution in [1.82, 2.24) is 0 Å². The average molecular weight is 282 g/mol. The topological polar surface area (TPSA) is 29.5 Å². The predicted octanol–water partition coefficient (Wildman–Crippen LogP) is 3.37. The number of hydrogen-bond acceptors (Lipinski definition) is 2. The van der Waals surface area contributed by atoms with Crippen molar-refractivity contribution in [3.63, 3.8) is 0 Å². The van der Waals surface area contributed by atoms with Crippen molar-refractivity contribution in [2.75, 3.05) is 7.11 Å². The first kappa shape index (κ1) is 14.4. The minimum atomic E-state index is -1.89. The number of benzene rings is 2. The van der Waals surface area contributed by atoms with Crippen LogP contribution in [0, 0.1) is 17.5 Å². The SMILES string of the molecule is COc1cccc(C(C)(O)c2cc(F)cc(F)c2)c1F. The highest BCUT2D eigenvalue weighted by molar-refractivity contribution is 5.41. The molecule has 0 amide bonds. The molecule has 106 valence electrons. The summed E-state index contributed by atoms with van der Waals surface area (Å²) in [7, 11) is 1.29. The van der Waals surface area contributed by atoms with E-state index in [2.05, 4.69) is 0 Å². The van der Waals surface area contributed by atoms with Gasteiger partial charge >= 0.3 is 0 Å². The second-order valence-electron chi connectivity index (χ2n) is 4.55. The molecule has 2 rings (SSSR count). The van der Waals surface area contributed by atoms with E-state index in [1.54, 1.807) is 0 Å². The number of halogens is 3. The van der Waals surface area contributed by atoms with Gasteiger partial charge < -0.3 is 9.84 Å². The molecule has 0 saturated heterocycles. The molecule has 2 nitrogen and oxygen atoms in total. The summed E-state index contributed by atoms with van der Waals surface area (Å²) in [5, 5.41) is 10.5. The minimum Gasteiger partial charge on any atom is -0.494 e. The molecule has 1 atom stereocenters. The van der Waals surface area contributed by atoms with Crippen LogP contribution >= 0.6 is 0 Å². The van der Waals surface area contributed by atoms with Gasteiger partial charge in [0, 0.05) is 11.6 Å². The summed E-state index contributed by atoms with van der Waals surface area (Å²) in [6, 6.07) is 6.81. The first-order chi connectivity index (χ1) is 9.36. The third kappa shape index (κ3) is 2.49. The van der Waals surface area contributed by atoms with Gasteiger partial charge in [0.05, 0.1) is 7.11 Å². The second-order valence-corrected chi connectivity index (χ2v) is 4.55. The second kappa shape index (κ2) is 5.17. The van der Waals surface area contributed by atoms with Crippen molar-refractivity contribution in [1.29, 1.82) is 0 Å². The molecule has 20 heavy (non-hydrogen) atoms. The lowest BCUT2D eigenvalue weighted by Gasteiger charge is -2.25. The van der Waals surface area contributed by atoms with Crippen LogP contribution in [0.4, 0.5) is 13.2 Å². The Labute approximate surface area is 114 Å². The Kier molecular flexibility index (Phi) is 3.72. The van der Waals surface area contributed by atoms with Gasteiger partial charge in [-0.25, -0.2) is 13.2 Å². The van der Waals surface area contributed by atoms with E-state index in [0.29, 0.717) is 6.07 Å². The van der Waals surface area contributed by atoms with E-state index >= 15 is 0 Å². The van der Waals surface area contributed by atoms with Crippen molar-refractivity contribution >= 4 is 0 Å². The van der Waals surface area contributed by atoms with Crippen LogP contribution in [-0.4, -0.2) is 12.2 Å². The molecule has 0 aliphatic rings. The highest BCUT2D eigenvalue weighted by atomic mass is 19.1. The smallest absolute Gasteiger partial charge is 0.171 e. The fraction of sp³-hybridized carbons (Fsp3) is 0.200. The third-order valence-electron chi connectivity index (χ3n) is 3.13. The minimum absolute atomic E-state index is 0.0559. The van der Waals surface area contributed by atoms with Crippen LogP contribution in [-0.2, 0) is 5.60 Å². The lowest BCUT2D eigenvalue weighted by Crippen LogP contribution is -2.25. The summed E-state index contributed by atoms with van der Waals surface area (Å²) in [6.45, 7) is 1.26. The van der Waals surface area contributed by atoms with Crippen molar-refractivity contribution in [3.05, 3.63) is 65.0 Å². The Morgan fingerprint density at radius 2 is 1.65 bits per heavy atom. The van der Waals surface area contributed by atoms with Crippen molar-refractivity contribution in [2.45, 2.75) is 12.5 Å². The molecule has 0 bridgehead atoms. The Hall–Kier alpha value is -2.01. The van der Waals surface area contributed by atoms with Gasteiger partial charge in [0.1, 0.15) is 17.2 Å². The van der Waals surface area contributed by atoms with Crippen LogP contribution < -0.4 is 4.74 Å². The summed E-state index contributed by atoms with van der Waals surface area (Å²) in [5.74, 6) is -2.52. The zero-order chi connectivity index (χ0) is 14.9. The van der Waals surface area contributed by atoms with Gasteiger partial charge in [0.25, 0.3) is 0 Å². The normalized spacial score (nSPS) is 13.9. The van der Waals surface area contributed by atoms with Crippen LogP contribution in [0.5, 0.6) is 5.75 Å². The summed E-state index contributed by atoms with van der Waals surface area (Å²) >= 11 is 0. The fourth-order valence-electron chi connectivity index (χ4n) is 2.03. The summed E-state index contributed by atoms with van der Waals surface area (Å²) in [6.07, 6.45) is 0. The summed E-state index contributed by atoms with van der Waals surface area (Å²) in [5.41, 5.74) is -2.09. The van der Waals surface area contributed by atoms with E-state index in [-0.39, 0.29) is 16.9 Å². The molecule has 0 fully saturated rings. The predicted molar refractivity (Wildman–Crippen MR) is 68.0 cm³/mol. The van der Waals surface area contributed by atoms with E-state index in [1.807, 2.05) is 0 Å². The molecule has 0 heterocycles. The van der Waals surface area contributed by atoms with E-state index in [0.717, 1.165) is 12.1 Å². The Morgan fingerprint density at radius 1 is 1.05 bits per heavy atom. The van der Waals surface area contributed by atoms with E-state index in [9.17, 15) is 18.3 Å². The maximum Gasteiger partial charge on any atom is 0.171 e. The Bertz CT molecular complexity index is 619. The maximum atomic E-state index is 14.2. The van der Waals surface area contributed by atoms with Crippen molar-refractivity contribution in [2.24, 2.45) is 0 Å². The molecule has 1 unspecified atom stereocenters. The largest absolute Gasteiger partial charge is 0.494 e. The molecule has 0 saturated carbocycles. The highest BCUT2D eigenvalue weighted by Gasteiger charge is 2.31. The maximum absolute atomic E-state index is 14.2. The van der Waals surface area contributed by atoms with Crippen LogP contribution in [0.15, 0.2) is 36.4 Å². The molecule has 2 aromatic rings.